The average molecular weight is 366 g/mol. The fourth-order valence-electron chi connectivity index (χ4n) is 3.54. The van der Waals surface area contributed by atoms with Crippen molar-refractivity contribution in [1.82, 2.24) is 20.1 Å². The van der Waals surface area contributed by atoms with Gasteiger partial charge < -0.3 is 15.1 Å². The van der Waals surface area contributed by atoms with Crippen molar-refractivity contribution in [2.45, 2.75) is 59.5 Å². The van der Waals surface area contributed by atoms with Crippen molar-refractivity contribution < 1.29 is 4.79 Å². The van der Waals surface area contributed by atoms with Crippen LogP contribution in [0.25, 0.3) is 0 Å². The molecule has 1 saturated heterocycles. The van der Waals surface area contributed by atoms with E-state index in [1.807, 2.05) is 11.8 Å². The summed E-state index contributed by atoms with van der Waals surface area (Å²) in [6.45, 7) is 15.1. The van der Waals surface area contributed by atoms with Gasteiger partial charge in [0.1, 0.15) is 0 Å². The number of nitrogens with zero attached hydrogens (tertiary/aromatic N) is 4. The van der Waals surface area contributed by atoms with Crippen LogP contribution in [0, 0.1) is 6.92 Å². The molecule has 6 nitrogen and oxygen atoms in total. The van der Waals surface area contributed by atoms with E-state index in [-0.39, 0.29) is 17.5 Å². The molecule has 1 aliphatic rings. The first-order valence-corrected chi connectivity index (χ1v) is 9.89. The Morgan fingerprint density at radius 3 is 2.72 bits per heavy atom. The van der Waals surface area contributed by atoms with Gasteiger partial charge in [-0.15, -0.1) is 11.3 Å². The van der Waals surface area contributed by atoms with Crippen LogP contribution in [0.4, 0.5) is 0 Å². The van der Waals surface area contributed by atoms with Crippen molar-refractivity contribution in [2.24, 2.45) is 4.99 Å². The molecule has 1 N–H and O–H groups in total. The molecule has 0 atom stereocenters. The highest BCUT2D eigenvalue weighted by Crippen LogP contribution is 2.24. The van der Waals surface area contributed by atoms with Gasteiger partial charge >= 0.3 is 0 Å². The van der Waals surface area contributed by atoms with Gasteiger partial charge in [0, 0.05) is 37.5 Å². The third kappa shape index (κ3) is 4.93. The zero-order valence-electron chi connectivity index (χ0n) is 16.3. The van der Waals surface area contributed by atoms with E-state index in [2.05, 4.69) is 55.2 Å². The Balaban J connectivity index is 2.08. The number of aromatic nitrogens is 1. The third-order valence-corrected chi connectivity index (χ3v) is 5.09. The first kappa shape index (κ1) is 19.7. The monoisotopic (exact) mass is 365 g/mol. The van der Waals surface area contributed by atoms with Crippen LogP contribution < -0.4 is 5.32 Å². The van der Waals surface area contributed by atoms with E-state index < -0.39 is 0 Å². The van der Waals surface area contributed by atoms with Crippen molar-refractivity contribution in [3.05, 3.63) is 16.1 Å². The third-order valence-electron chi connectivity index (χ3n) is 4.27. The summed E-state index contributed by atoms with van der Waals surface area (Å²) < 4.78 is 0. The molecule has 1 aliphatic heterocycles. The zero-order valence-corrected chi connectivity index (χ0v) is 17.1. The Hall–Kier alpha value is -1.63. The van der Waals surface area contributed by atoms with Gasteiger partial charge in [-0.2, -0.15) is 0 Å². The van der Waals surface area contributed by atoms with Crippen LogP contribution >= 0.6 is 11.3 Å². The molecule has 140 valence electrons. The normalized spacial score (nSPS) is 18.2. The van der Waals surface area contributed by atoms with Gasteiger partial charge in [0.25, 0.3) is 0 Å². The summed E-state index contributed by atoms with van der Waals surface area (Å²) in [5.41, 5.74) is 0.870. The number of thiazole rings is 1. The maximum atomic E-state index is 12.7. The highest BCUT2D eigenvalue weighted by atomic mass is 32.1. The minimum Gasteiger partial charge on any atom is -0.357 e. The highest BCUT2D eigenvalue weighted by molar-refractivity contribution is 7.09. The van der Waals surface area contributed by atoms with Crippen molar-refractivity contribution in [2.75, 3.05) is 26.2 Å². The number of nitrogens with one attached hydrogen (secondary N) is 1. The predicted molar refractivity (Wildman–Crippen MR) is 104 cm³/mol. The first-order chi connectivity index (χ1) is 11.7. The molecule has 0 unspecified atom stereocenters. The minimum atomic E-state index is -0.217. The number of rotatable bonds is 5. The SMILES string of the molecule is CCNC(=NCCc1csc(C)n1)N1CC(=O)N(C(C)C)C(C)(C)C1. The summed E-state index contributed by atoms with van der Waals surface area (Å²) in [5, 5.41) is 6.51. The number of aryl methyl sites for hydroxylation is 1. The van der Waals surface area contributed by atoms with Crippen LogP contribution in [0.3, 0.4) is 0 Å². The molecule has 2 heterocycles. The molecule has 25 heavy (non-hydrogen) atoms. The lowest BCUT2D eigenvalue weighted by Gasteiger charge is -2.49. The van der Waals surface area contributed by atoms with E-state index in [0.717, 1.165) is 36.2 Å². The average Bonchev–Trinajstić information content (AvgIpc) is 2.89. The number of piperazine rings is 1. The first-order valence-electron chi connectivity index (χ1n) is 9.01. The van der Waals surface area contributed by atoms with Crippen LogP contribution in [0.15, 0.2) is 10.4 Å². The largest absolute Gasteiger partial charge is 0.357 e. The topological polar surface area (TPSA) is 60.8 Å². The molecule has 0 spiro atoms. The number of carbonyl (C=O) groups is 1. The van der Waals surface area contributed by atoms with Crippen molar-refractivity contribution in [3.63, 3.8) is 0 Å². The van der Waals surface area contributed by atoms with E-state index in [9.17, 15) is 4.79 Å². The van der Waals surface area contributed by atoms with Crippen molar-refractivity contribution in [1.29, 1.82) is 0 Å². The summed E-state index contributed by atoms with van der Waals surface area (Å²) in [6, 6.07) is 0.206. The molecule has 1 fully saturated rings. The maximum absolute atomic E-state index is 12.7. The smallest absolute Gasteiger partial charge is 0.242 e. The van der Waals surface area contributed by atoms with Gasteiger partial charge in [-0.1, -0.05) is 0 Å². The molecule has 0 bridgehead atoms. The Morgan fingerprint density at radius 1 is 1.48 bits per heavy atom. The van der Waals surface area contributed by atoms with Gasteiger partial charge in [0.2, 0.25) is 5.91 Å². The molecule has 0 saturated carbocycles. The second kappa shape index (κ2) is 8.17. The van der Waals surface area contributed by atoms with Gasteiger partial charge in [-0.05, 0) is 41.5 Å². The van der Waals surface area contributed by atoms with Gasteiger partial charge in [0.05, 0.1) is 22.8 Å². The summed E-state index contributed by atoms with van der Waals surface area (Å²) >= 11 is 1.67. The number of hydrogen-bond acceptors (Lipinski definition) is 4. The Kier molecular flexibility index (Phi) is 6.43. The molecule has 1 aromatic rings. The van der Waals surface area contributed by atoms with Gasteiger partial charge in [-0.3, -0.25) is 9.79 Å². The maximum Gasteiger partial charge on any atom is 0.242 e. The fraction of sp³-hybridized carbons (Fsp3) is 0.722. The highest BCUT2D eigenvalue weighted by Gasteiger charge is 2.40. The van der Waals surface area contributed by atoms with E-state index >= 15 is 0 Å². The van der Waals surface area contributed by atoms with Crippen LogP contribution in [-0.4, -0.2) is 64.4 Å². The number of carbonyl (C=O) groups excluding carboxylic acids is 1. The molecule has 0 aromatic carbocycles. The van der Waals surface area contributed by atoms with E-state index in [1.54, 1.807) is 11.3 Å². The van der Waals surface area contributed by atoms with E-state index in [1.165, 1.54) is 0 Å². The second-order valence-corrected chi connectivity index (χ2v) is 8.43. The standard InChI is InChI=1S/C18H31N5OS/c1-7-19-17(20-9-8-15-11-25-14(4)21-15)22-10-16(24)23(13(2)3)18(5,6)12-22/h11,13H,7-10,12H2,1-6H3,(H,19,20). The lowest BCUT2D eigenvalue weighted by molar-refractivity contribution is -0.145. The van der Waals surface area contributed by atoms with Crippen LogP contribution in [0.1, 0.15) is 45.3 Å². The lowest BCUT2D eigenvalue weighted by atomic mass is 9.96. The molecule has 0 aliphatic carbocycles. The van der Waals surface area contributed by atoms with Gasteiger partial charge in [0.15, 0.2) is 5.96 Å². The zero-order chi connectivity index (χ0) is 18.6. The molecule has 7 heteroatoms. The van der Waals surface area contributed by atoms with Crippen molar-refractivity contribution in [3.8, 4) is 0 Å². The molecular formula is C18H31N5OS. The summed E-state index contributed by atoms with van der Waals surface area (Å²) in [4.78, 5) is 26.0. The Labute approximate surface area is 155 Å². The second-order valence-electron chi connectivity index (χ2n) is 7.37. The molecular weight excluding hydrogens is 334 g/mol. The lowest BCUT2D eigenvalue weighted by Crippen LogP contribution is -2.66. The number of guanidine groups is 1. The molecule has 0 radical (unpaired) electrons. The summed E-state index contributed by atoms with van der Waals surface area (Å²) in [7, 11) is 0. The van der Waals surface area contributed by atoms with Crippen LogP contribution in [0.5, 0.6) is 0 Å². The molecule has 1 aromatic heterocycles. The van der Waals surface area contributed by atoms with Gasteiger partial charge in [-0.25, -0.2) is 4.98 Å². The van der Waals surface area contributed by atoms with E-state index in [0.29, 0.717) is 13.1 Å². The molecule has 1 amide bonds. The quantitative estimate of drug-likeness (QED) is 0.642. The molecule has 2 rings (SSSR count). The number of aliphatic imine (C=N–C) groups is 1. The van der Waals surface area contributed by atoms with Crippen LogP contribution in [0.2, 0.25) is 0 Å². The van der Waals surface area contributed by atoms with Crippen LogP contribution in [-0.2, 0) is 11.2 Å². The van der Waals surface area contributed by atoms with Crippen molar-refractivity contribution >= 4 is 23.2 Å². The fourth-order valence-corrected chi connectivity index (χ4v) is 4.19. The predicted octanol–water partition coefficient (Wildman–Crippen LogP) is 2.29. The summed E-state index contributed by atoms with van der Waals surface area (Å²) in [6.07, 6.45) is 0.822. The Bertz CT molecular complexity index is 623. The number of hydrogen-bond donors (Lipinski definition) is 1. The Morgan fingerprint density at radius 2 is 2.20 bits per heavy atom. The minimum absolute atomic E-state index is 0.159. The number of amides is 1. The summed E-state index contributed by atoms with van der Waals surface area (Å²) in [5.74, 6) is 0.978. The van der Waals surface area contributed by atoms with E-state index in [4.69, 9.17) is 4.99 Å².